The van der Waals surface area contributed by atoms with Gasteiger partial charge in [-0.1, -0.05) is 6.07 Å². The van der Waals surface area contributed by atoms with Crippen molar-refractivity contribution in [1.82, 2.24) is 0 Å². The highest BCUT2D eigenvalue weighted by molar-refractivity contribution is 5.80. The van der Waals surface area contributed by atoms with Gasteiger partial charge in [0.15, 0.2) is 0 Å². The molecular formula is C15H13N3O7. The average molecular weight is 347 g/mol. The number of carbonyl (C=O) groups is 1. The molecule has 0 amide bonds. The molecule has 0 saturated carbocycles. The molecule has 0 aliphatic heterocycles. The number of carboxylic acids is 1. The van der Waals surface area contributed by atoms with Crippen LogP contribution in [0.4, 0.5) is 11.4 Å². The number of benzene rings is 2. The summed E-state index contributed by atoms with van der Waals surface area (Å²) < 4.78 is 0. The Bertz CT molecular complexity index is 866. The molecule has 2 rings (SSSR count). The van der Waals surface area contributed by atoms with Crippen molar-refractivity contribution in [2.24, 2.45) is 5.73 Å². The number of nitrogens with two attached hydrogens (primary N) is 1. The van der Waals surface area contributed by atoms with Crippen molar-refractivity contribution in [3.05, 3.63) is 62.2 Å². The number of aliphatic carboxylic acids is 1. The third kappa shape index (κ3) is 3.87. The van der Waals surface area contributed by atoms with Crippen LogP contribution < -0.4 is 5.73 Å². The molecule has 0 heterocycles. The first-order chi connectivity index (χ1) is 11.7. The van der Waals surface area contributed by atoms with Gasteiger partial charge in [-0.3, -0.25) is 25.0 Å². The highest BCUT2D eigenvalue weighted by atomic mass is 16.6. The fourth-order valence-electron chi connectivity index (χ4n) is 2.33. The summed E-state index contributed by atoms with van der Waals surface area (Å²) in [6.07, 6.45) is -0.140. The number of non-ortho nitro benzene ring substituents is 1. The molecule has 0 bridgehead atoms. The SMILES string of the molecule is NC(Cc1ccc(O)cc1-c1ccc([N+](=O)[O-])cc1[N+](=O)[O-])C(=O)O. The van der Waals surface area contributed by atoms with Crippen molar-refractivity contribution < 1.29 is 24.9 Å². The molecule has 2 aromatic carbocycles. The van der Waals surface area contributed by atoms with Crippen molar-refractivity contribution in [2.75, 3.05) is 0 Å². The number of hydrogen-bond acceptors (Lipinski definition) is 7. The van der Waals surface area contributed by atoms with Gasteiger partial charge in [0.05, 0.1) is 21.5 Å². The molecule has 10 heteroatoms. The zero-order valence-corrected chi connectivity index (χ0v) is 12.7. The minimum Gasteiger partial charge on any atom is -0.508 e. The fraction of sp³-hybridized carbons (Fsp3) is 0.133. The van der Waals surface area contributed by atoms with Gasteiger partial charge < -0.3 is 15.9 Å². The van der Waals surface area contributed by atoms with Crippen LogP contribution in [-0.2, 0) is 11.2 Å². The molecule has 0 spiro atoms. The van der Waals surface area contributed by atoms with E-state index in [0.717, 1.165) is 12.1 Å². The highest BCUT2D eigenvalue weighted by Gasteiger charge is 2.24. The first kappa shape index (κ1) is 17.8. The van der Waals surface area contributed by atoms with Crippen LogP contribution in [0.1, 0.15) is 5.56 Å². The molecule has 4 N–H and O–H groups in total. The van der Waals surface area contributed by atoms with E-state index in [2.05, 4.69) is 0 Å². The molecule has 0 aliphatic carbocycles. The van der Waals surface area contributed by atoms with Crippen molar-refractivity contribution in [2.45, 2.75) is 12.5 Å². The molecule has 10 nitrogen and oxygen atoms in total. The Morgan fingerprint density at radius 3 is 2.32 bits per heavy atom. The monoisotopic (exact) mass is 347 g/mol. The minimum absolute atomic E-state index is 0.0130. The van der Waals surface area contributed by atoms with Gasteiger partial charge in [-0.25, -0.2) is 0 Å². The van der Waals surface area contributed by atoms with E-state index in [-0.39, 0.29) is 23.3 Å². The number of nitro groups is 2. The Morgan fingerprint density at radius 2 is 1.76 bits per heavy atom. The quantitative estimate of drug-likeness (QED) is 0.524. The van der Waals surface area contributed by atoms with Gasteiger partial charge in [0.1, 0.15) is 11.8 Å². The van der Waals surface area contributed by atoms with Crippen molar-refractivity contribution >= 4 is 17.3 Å². The first-order valence-corrected chi connectivity index (χ1v) is 6.94. The van der Waals surface area contributed by atoms with Gasteiger partial charge in [0.25, 0.3) is 11.4 Å². The second kappa shape index (κ2) is 6.93. The normalized spacial score (nSPS) is 11.7. The van der Waals surface area contributed by atoms with Crippen LogP contribution in [0.2, 0.25) is 0 Å². The van der Waals surface area contributed by atoms with E-state index in [4.69, 9.17) is 10.8 Å². The summed E-state index contributed by atoms with van der Waals surface area (Å²) in [6, 6.07) is 5.75. The standard InChI is InChI=1S/C15H13N3O7/c16-13(15(20)21)5-8-1-3-10(19)7-12(8)11-4-2-9(17(22)23)6-14(11)18(24)25/h1-4,6-7,13,19H,5,16H2,(H,20,21). The molecule has 0 fully saturated rings. The summed E-state index contributed by atoms with van der Waals surface area (Å²) in [7, 11) is 0. The third-order valence-electron chi connectivity index (χ3n) is 3.53. The maximum absolute atomic E-state index is 11.3. The average Bonchev–Trinajstić information content (AvgIpc) is 2.55. The molecule has 25 heavy (non-hydrogen) atoms. The summed E-state index contributed by atoms with van der Waals surface area (Å²) >= 11 is 0. The Labute approximate surface area is 140 Å². The summed E-state index contributed by atoms with van der Waals surface area (Å²) in [5.74, 6) is -1.45. The van der Waals surface area contributed by atoms with Crippen LogP contribution >= 0.6 is 0 Å². The van der Waals surface area contributed by atoms with E-state index in [1.54, 1.807) is 0 Å². The topological polar surface area (TPSA) is 170 Å². The lowest BCUT2D eigenvalue weighted by Gasteiger charge is -2.13. The summed E-state index contributed by atoms with van der Waals surface area (Å²) in [5.41, 5.74) is 5.06. The molecule has 130 valence electrons. The minimum atomic E-state index is -1.25. The van der Waals surface area contributed by atoms with Crippen LogP contribution in [-0.4, -0.2) is 32.1 Å². The largest absolute Gasteiger partial charge is 0.508 e. The molecule has 0 saturated heterocycles. The zero-order valence-electron chi connectivity index (χ0n) is 12.7. The number of carboxylic acid groups (broad SMARTS) is 1. The second-order valence-electron chi connectivity index (χ2n) is 5.21. The molecule has 1 atom stereocenters. The van der Waals surface area contributed by atoms with Gasteiger partial charge in [0.2, 0.25) is 0 Å². The molecule has 0 aromatic heterocycles. The van der Waals surface area contributed by atoms with Gasteiger partial charge in [-0.2, -0.15) is 0 Å². The summed E-state index contributed by atoms with van der Waals surface area (Å²) in [5, 5.41) is 40.8. The molecule has 0 radical (unpaired) electrons. The molecule has 0 aliphatic rings. The number of nitro benzene ring substituents is 2. The Hall–Kier alpha value is -3.53. The second-order valence-corrected chi connectivity index (χ2v) is 5.21. The van der Waals surface area contributed by atoms with Crippen molar-refractivity contribution in [3.8, 4) is 16.9 Å². The lowest BCUT2D eigenvalue weighted by atomic mass is 9.93. The van der Waals surface area contributed by atoms with Gasteiger partial charge in [-0.05, 0) is 35.7 Å². The van der Waals surface area contributed by atoms with E-state index in [1.165, 1.54) is 24.3 Å². The van der Waals surface area contributed by atoms with Crippen molar-refractivity contribution in [3.63, 3.8) is 0 Å². The van der Waals surface area contributed by atoms with Gasteiger partial charge in [-0.15, -0.1) is 0 Å². The smallest absolute Gasteiger partial charge is 0.320 e. The van der Waals surface area contributed by atoms with E-state index < -0.39 is 33.2 Å². The first-order valence-electron chi connectivity index (χ1n) is 6.94. The number of rotatable bonds is 6. The predicted molar refractivity (Wildman–Crippen MR) is 86.2 cm³/mol. The predicted octanol–water partition coefficient (Wildman–Crippen LogP) is 1.83. The Morgan fingerprint density at radius 1 is 1.08 bits per heavy atom. The number of nitrogens with zero attached hydrogens (tertiary/aromatic N) is 2. The van der Waals surface area contributed by atoms with Crippen LogP contribution in [0.3, 0.4) is 0 Å². The molecule has 2 aromatic rings. The van der Waals surface area contributed by atoms with Gasteiger partial charge >= 0.3 is 5.97 Å². The molecule has 1 unspecified atom stereocenters. The maximum Gasteiger partial charge on any atom is 0.320 e. The maximum atomic E-state index is 11.3. The van der Waals surface area contributed by atoms with E-state index in [0.29, 0.717) is 5.56 Å². The Kier molecular flexibility index (Phi) is 4.94. The van der Waals surface area contributed by atoms with Crippen LogP contribution in [0, 0.1) is 20.2 Å². The highest BCUT2D eigenvalue weighted by Crippen LogP contribution is 2.37. The van der Waals surface area contributed by atoms with E-state index in [9.17, 15) is 30.1 Å². The summed E-state index contributed by atoms with van der Waals surface area (Å²) in [6.45, 7) is 0. The van der Waals surface area contributed by atoms with Crippen LogP contribution in [0.15, 0.2) is 36.4 Å². The fourth-order valence-corrected chi connectivity index (χ4v) is 2.33. The van der Waals surface area contributed by atoms with E-state index >= 15 is 0 Å². The lowest BCUT2D eigenvalue weighted by Crippen LogP contribution is -2.32. The van der Waals surface area contributed by atoms with E-state index in [1.807, 2.05) is 0 Å². The number of phenolic OH excluding ortho intramolecular Hbond substituents is 1. The number of aromatic hydroxyl groups is 1. The third-order valence-corrected chi connectivity index (χ3v) is 3.53. The van der Waals surface area contributed by atoms with Crippen molar-refractivity contribution in [1.29, 1.82) is 0 Å². The van der Waals surface area contributed by atoms with Crippen LogP contribution in [0.5, 0.6) is 5.75 Å². The summed E-state index contributed by atoms with van der Waals surface area (Å²) in [4.78, 5) is 31.5. The lowest BCUT2D eigenvalue weighted by molar-refractivity contribution is -0.393. The zero-order chi connectivity index (χ0) is 18.7. The molecular weight excluding hydrogens is 334 g/mol. The Balaban J connectivity index is 2.64. The van der Waals surface area contributed by atoms with Gasteiger partial charge in [0, 0.05) is 6.07 Å². The number of phenols is 1. The number of hydrogen-bond donors (Lipinski definition) is 3. The van der Waals surface area contributed by atoms with Crippen LogP contribution in [0.25, 0.3) is 11.1 Å².